The Kier molecular flexibility index (Phi) is 7.34. The van der Waals surface area contributed by atoms with E-state index in [4.69, 9.17) is 10.1 Å². The number of allylic oxidation sites excluding steroid dienone is 2. The summed E-state index contributed by atoms with van der Waals surface area (Å²) in [5, 5.41) is 14.7. The Morgan fingerprint density at radius 3 is 2.39 bits per heavy atom. The van der Waals surface area contributed by atoms with Gasteiger partial charge in [0, 0.05) is 26.2 Å². The third-order valence-corrected chi connectivity index (χ3v) is 8.84. The van der Waals surface area contributed by atoms with Crippen LogP contribution < -0.4 is 0 Å². The molecule has 7 rings (SSSR count). The number of aliphatic hydroxyl groups is 1. The zero-order valence-electron chi connectivity index (χ0n) is 20.7. The van der Waals surface area contributed by atoms with E-state index in [0.29, 0.717) is 0 Å². The number of nitrogens with zero attached hydrogens (tertiary/aromatic N) is 2. The molecule has 1 N–H and O–H groups in total. The van der Waals surface area contributed by atoms with Crippen molar-refractivity contribution in [2.24, 2.45) is 0 Å². The molecule has 0 amide bonds. The van der Waals surface area contributed by atoms with E-state index >= 15 is 0 Å². The molecule has 0 saturated carbocycles. The Hall–Kier alpha value is -3.53. The van der Waals surface area contributed by atoms with Gasteiger partial charge in [-0.3, -0.25) is 4.79 Å². The first-order valence-electron chi connectivity index (χ1n) is 12.0. The minimum absolute atomic E-state index is 0. The number of hydrogen-bond donors (Lipinski definition) is 1. The third-order valence-electron chi connectivity index (χ3n) is 6.34. The van der Waals surface area contributed by atoms with Crippen LogP contribution in [0.4, 0.5) is 0 Å². The zero-order valence-corrected chi connectivity index (χ0v) is 24.8. The van der Waals surface area contributed by atoms with E-state index in [1.54, 1.807) is 0 Å². The number of hydrogen-bond acceptors (Lipinski definition) is 3. The maximum absolute atomic E-state index is 10.0. The summed E-state index contributed by atoms with van der Waals surface area (Å²) in [5.74, 6) is -0.0625. The molecule has 0 aliphatic carbocycles. The van der Waals surface area contributed by atoms with Crippen molar-refractivity contribution in [1.82, 2.24) is 9.55 Å². The predicted molar refractivity (Wildman–Crippen MR) is 154 cm³/mol. The van der Waals surface area contributed by atoms with Gasteiger partial charge in [0.2, 0.25) is 0 Å². The second-order valence-corrected chi connectivity index (χ2v) is 11.2. The Morgan fingerprint density at radius 2 is 1.66 bits per heavy atom. The number of aromatic nitrogens is 2. The topological polar surface area (TPSA) is 55.1 Å². The molecule has 0 atom stereocenters. The summed E-state index contributed by atoms with van der Waals surface area (Å²) >= 11 is 0.169. The molecule has 189 valence electrons. The zero-order chi connectivity index (χ0) is 25.5. The molecule has 1 radical (unpaired) electrons. The summed E-state index contributed by atoms with van der Waals surface area (Å²) in [4.78, 5) is 14.9. The van der Waals surface area contributed by atoms with E-state index in [2.05, 4.69) is 95.6 Å². The van der Waals surface area contributed by atoms with Crippen molar-refractivity contribution in [2.75, 3.05) is 0 Å². The van der Waals surface area contributed by atoms with Gasteiger partial charge in [-0.1, -0.05) is 0 Å². The molecule has 3 heterocycles. The van der Waals surface area contributed by atoms with Gasteiger partial charge < -0.3 is 5.11 Å². The predicted octanol–water partition coefficient (Wildman–Crippen LogP) is 7.53. The summed E-state index contributed by atoms with van der Waals surface area (Å²) < 4.78 is 5.18. The van der Waals surface area contributed by atoms with Gasteiger partial charge in [0.1, 0.15) is 0 Å². The van der Waals surface area contributed by atoms with Gasteiger partial charge in [-0.2, -0.15) is 0 Å². The number of aliphatic hydroxyl groups excluding tert-OH is 1. The van der Waals surface area contributed by atoms with Crippen LogP contribution in [0.3, 0.4) is 0 Å². The summed E-state index contributed by atoms with van der Waals surface area (Å²) in [6.07, 6.45) is 3.11. The van der Waals surface area contributed by atoms with Crippen LogP contribution >= 0.6 is 0 Å². The van der Waals surface area contributed by atoms with Gasteiger partial charge in [-0.05, 0) is 13.8 Å². The molecule has 0 bridgehead atoms. The first-order valence-corrected chi connectivity index (χ1v) is 13.7. The fraction of sp³-hybridized carbons (Fsp3) is 0.0625. The summed E-state index contributed by atoms with van der Waals surface area (Å²) in [6, 6.07) is 33.9. The van der Waals surface area contributed by atoms with Crippen molar-refractivity contribution in [3.8, 4) is 5.69 Å². The molecule has 4 aromatic carbocycles. The van der Waals surface area contributed by atoms with E-state index in [0.717, 1.165) is 10.9 Å². The van der Waals surface area contributed by atoms with Gasteiger partial charge in [0.25, 0.3) is 0 Å². The number of carbonyl (C=O) groups excluding carboxylic acids is 1. The van der Waals surface area contributed by atoms with Crippen molar-refractivity contribution in [2.45, 2.75) is 13.8 Å². The molecular weight excluding hydrogens is 716 g/mol. The van der Waals surface area contributed by atoms with Crippen molar-refractivity contribution in [3.63, 3.8) is 0 Å². The van der Waals surface area contributed by atoms with Crippen molar-refractivity contribution >= 4 is 72.3 Å². The molecule has 0 fully saturated rings. The molecule has 4 nitrogen and oxygen atoms in total. The van der Waals surface area contributed by atoms with E-state index in [1.807, 2.05) is 6.20 Å². The normalized spacial score (nSPS) is 11.6. The van der Waals surface area contributed by atoms with Crippen LogP contribution in [-0.2, 0) is 24.9 Å². The Balaban J connectivity index is 0.000000329. The Labute approximate surface area is 239 Å². The van der Waals surface area contributed by atoms with Gasteiger partial charge in [-0.25, -0.2) is 0 Å². The second kappa shape index (κ2) is 10.7. The van der Waals surface area contributed by atoms with Crippen LogP contribution in [0.1, 0.15) is 13.8 Å². The quantitative estimate of drug-likeness (QED) is 0.0865. The van der Waals surface area contributed by atoms with Crippen LogP contribution in [0.25, 0.3) is 57.7 Å². The summed E-state index contributed by atoms with van der Waals surface area (Å²) in [5.41, 5.74) is 4.70. The van der Waals surface area contributed by atoms with Crippen LogP contribution in [0.5, 0.6) is 0 Å². The number of fused-ring (bicyclic) bond motifs is 4. The van der Waals surface area contributed by atoms with Gasteiger partial charge in [0.05, 0.1) is 5.76 Å². The summed E-state index contributed by atoms with van der Waals surface area (Å²) in [6.45, 7) is 2.85. The van der Waals surface area contributed by atoms with Crippen molar-refractivity contribution in [1.29, 1.82) is 0 Å². The molecule has 0 aliphatic rings. The number of pyridine rings is 1. The SMILES string of the molecule is CC(=O)/C=C(/C)O.[Ir].[c-]1cc2ccccc2c2[se]c3cccc4c3c3c(nccc3n4-c3ccccc3)c12. The Morgan fingerprint density at radius 1 is 0.921 bits per heavy atom. The van der Waals surface area contributed by atoms with Crippen LogP contribution in [0, 0.1) is 6.07 Å². The first kappa shape index (κ1) is 26.1. The van der Waals surface area contributed by atoms with E-state index in [9.17, 15) is 4.79 Å². The Bertz CT molecular complexity index is 1980. The summed E-state index contributed by atoms with van der Waals surface area (Å²) in [7, 11) is 0. The number of carbonyl (C=O) groups is 1. The minimum atomic E-state index is -0.125. The monoisotopic (exact) mass is 740 g/mol. The number of ketones is 1. The van der Waals surface area contributed by atoms with Crippen molar-refractivity contribution < 1.29 is 30.0 Å². The average molecular weight is 739 g/mol. The fourth-order valence-electron chi connectivity index (χ4n) is 4.97. The van der Waals surface area contributed by atoms with Crippen LogP contribution in [0.2, 0.25) is 0 Å². The first-order chi connectivity index (χ1) is 18.0. The van der Waals surface area contributed by atoms with Gasteiger partial charge in [-0.15, -0.1) is 0 Å². The van der Waals surface area contributed by atoms with Crippen LogP contribution in [-0.4, -0.2) is 34.9 Å². The third kappa shape index (κ3) is 4.51. The molecule has 7 aromatic rings. The molecule has 6 heteroatoms. The number of benzene rings is 4. The average Bonchev–Trinajstić information content (AvgIpc) is 3.16. The van der Waals surface area contributed by atoms with Gasteiger partial charge in [0.15, 0.2) is 5.78 Å². The molecule has 0 aliphatic heterocycles. The molecule has 38 heavy (non-hydrogen) atoms. The molecule has 3 aromatic heterocycles. The maximum atomic E-state index is 10.0. The van der Waals surface area contributed by atoms with Crippen molar-refractivity contribution in [3.05, 3.63) is 109 Å². The number of para-hydroxylation sites is 1. The van der Waals surface area contributed by atoms with E-state index in [1.165, 1.54) is 66.7 Å². The molecule has 0 spiro atoms. The number of rotatable bonds is 2. The van der Waals surface area contributed by atoms with E-state index < -0.39 is 0 Å². The standard InChI is InChI=1S/C27H15N2Se.C5H8O2.Ir/c1-2-8-18(9-3-1)29-21-11-6-12-23-24(21)25-22(29)15-16-28-26(25)20-14-13-17-7-4-5-10-19(17)27(20)30-23;1-4(6)3-5(2)7;/h1-13,15-16H;3,6H,1-2H3;/q-1;;/b;4-3-;. The van der Waals surface area contributed by atoms with E-state index in [-0.39, 0.29) is 46.2 Å². The molecular formula is C32H23IrN2O2Se-. The second-order valence-electron chi connectivity index (χ2n) is 8.95. The van der Waals surface area contributed by atoms with Crippen LogP contribution in [0.15, 0.2) is 103 Å². The fourth-order valence-corrected chi connectivity index (χ4v) is 7.54. The molecule has 0 saturated heterocycles. The van der Waals surface area contributed by atoms with Gasteiger partial charge >= 0.3 is 179 Å². The molecule has 0 unspecified atom stereocenters.